The smallest absolute Gasteiger partial charge is 0.223 e. The van der Waals surface area contributed by atoms with Gasteiger partial charge in [0.2, 0.25) is 6.54 Å². The van der Waals surface area contributed by atoms with E-state index in [1.165, 1.54) is 6.07 Å². The zero-order valence-electron chi connectivity index (χ0n) is 10.2. The normalized spacial score (nSPS) is 13.1. The summed E-state index contributed by atoms with van der Waals surface area (Å²) < 4.78 is 13.8. The lowest BCUT2D eigenvalue weighted by Gasteiger charge is -2.20. The largest absolute Gasteiger partial charge is 0.361 e. The molecule has 2 rings (SSSR count). The molecular weight excluding hydrogens is 237 g/mol. The van der Waals surface area contributed by atoms with Gasteiger partial charge in [-0.25, -0.2) is 4.39 Å². The third-order valence-corrected chi connectivity index (χ3v) is 2.99. The van der Waals surface area contributed by atoms with E-state index in [1.54, 1.807) is 37.3 Å². The molecule has 0 bridgehead atoms. The lowest BCUT2D eigenvalue weighted by molar-refractivity contribution is -0.487. The van der Waals surface area contributed by atoms with E-state index < -0.39 is 6.04 Å². The molecule has 96 valence electrons. The molecule has 1 N–H and O–H groups in total. The molecule has 1 atom stereocenters. The quantitative estimate of drug-likeness (QED) is 0.669. The predicted molar refractivity (Wildman–Crippen MR) is 66.5 cm³/mol. The van der Waals surface area contributed by atoms with Crippen molar-refractivity contribution in [3.63, 3.8) is 0 Å². The SMILES string of the molecule is CN(C)C(C[N+](=O)[O-])c1c[nH]c2cccc(F)c12. The van der Waals surface area contributed by atoms with Gasteiger partial charge in [0.15, 0.2) is 0 Å². The van der Waals surface area contributed by atoms with Crippen LogP contribution in [0, 0.1) is 15.9 Å². The summed E-state index contributed by atoms with van der Waals surface area (Å²) in [6.07, 6.45) is 1.64. The monoisotopic (exact) mass is 251 g/mol. The number of aromatic nitrogens is 1. The number of hydrogen-bond acceptors (Lipinski definition) is 3. The highest BCUT2D eigenvalue weighted by Crippen LogP contribution is 2.29. The first-order valence-corrected chi connectivity index (χ1v) is 5.54. The minimum Gasteiger partial charge on any atom is -0.361 e. The van der Waals surface area contributed by atoms with Crippen LogP contribution in [0.1, 0.15) is 11.6 Å². The van der Waals surface area contributed by atoms with Crippen LogP contribution in [0.15, 0.2) is 24.4 Å². The number of nitrogens with one attached hydrogen (secondary N) is 1. The number of likely N-dealkylation sites (N-methyl/N-ethyl adjacent to an activating group) is 1. The van der Waals surface area contributed by atoms with E-state index in [9.17, 15) is 14.5 Å². The van der Waals surface area contributed by atoms with Crippen molar-refractivity contribution in [3.05, 3.63) is 45.9 Å². The first kappa shape index (κ1) is 12.5. The Hall–Kier alpha value is -1.95. The van der Waals surface area contributed by atoms with Crippen LogP contribution in [0.25, 0.3) is 10.9 Å². The molecule has 18 heavy (non-hydrogen) atoms. The lowest BCUT2D eigenvalue weighted by Crippen LogP contribution is -2.26. The molecule has 2 aromatic rings. The molecule has 1 aromatic carbocycles. The summed E-state index contributed by atoms with van der Waals surface area (Å²) in [4.78, 5) is 15.0. The maximum atomic E-state index is 13.8. The van der Waals surface area contributed by atoms with Gasteiger partial charge in [0.1, 0.15) is 11.9 Å². The van der Waals surface area contributed by atoms with Crippen molar-refractivity contribution >= 4 is 10.9 Å². The van der Waals surface area contributed by atoms with E-state index in [0.29, 0.717) is 16.5 Å². The van der Waals surface area contributed by atoms with E-state index in [4.69, 9.17) is 0 Å². The maximum Gasteiger partial charge on any atom is 0.223 e. The first-order chi connectivity index (χ1) is 8.50. The van der Waals surface area contributed by atoms with E-state index in [-0.39, 0.29) is 17.3 Å². The van der Waals surface area contributed by atoms with Gasteiger partial charge in [-0.05, 0) is 26.2 Å². The number of nitro groups is 1. The Morgan fingerprint density at radius 1 is 1.50 bits per heavy atom. The summed E-state index contributed by atoms with van der Waals surface area (Å²) in [5.41, 5.74) is 1.27. The first-order valence-electron chi connectivity index (χ1n) is 5.54. The second kappa shape index (κ2) is 4.73. The number of halogens is 1. The molecule has 1 unspecified atom stereocenters. The van der Waals surface area contributed by atoms with Crippen molar-refractivity contribution in [2.24, 2.45) is 0 Å². The van der Waals surface area contributed by atoms with E-state index >= 15 is 0 Å². The Labute approximate surface area is 103 Å². The Balaban J connectivity index is 2.54. The van der Waals surface area contributed by atoms with Crippen LogP contribution in [0.5, 0.6) is 0 Å². The molecule has 0 fully saturated rings. The Morgan fingerprint density at radius 3 is 2.83 bits per heavy atom. The standard InChI is InChI=1S/C12H14FN3O2/c1-15(2)11(7-16(17)18)8-6-14-10-5-3-4-9(13)12(8)10/h3-6,11,14H,7H2,1-2H3. The number of benzene rings is 1. The minimum absolute atomic E-state index is 0.256. The van der Waals surface area contributed by atoms with Gasteiger partial charge in [-0.3, -0.25) is 15.0 Å². The van der Waals surface area contributed by atoms with Crippen LogP contribution in [-0.2, 0) is 0 Å². The number of H-pyrrole nitrogens is 1. The van der Waals surface area contributed by atoms with Gasteiger partial charge in [-0.1, -0.05) is 6.07 Å². The molecule has 0 saturated heterocycles. The second-order valence-electron chi connectivity index (χ2n) is 4.40. The fourth-order valence-corrected chi connectivity index (χ4v) is 2.11. The summed E-state index contributed by atoms with van der Waals surface area (Å²) in [7, 11) is 3.49. The molecule has 0 spiro atoms. The van der Waals surface area contributed by atoms with Crippen LogP contribution < -0.4 is 0 Å². The highest BCUT2D eigenvalue weighted by molar-refractivity contribution is 5.84. The fourth-order valence-electron chi connectivity index (χ4n) is 2.11. The van der Waals surface area contributed by atoms with Gasteiger partial charge < -0.3 is 4.98 Å². The Bertz CT molecular complexity index is 580. The van der Waals surface area contributed by atoms with E-state index in [1.807, 2.05) is 0 Å². The molecule has 0 amide bonds. The maximum absolute atomic E-state index is 13.8. The molecule has 0 radical (unpaired) electrons. The third-order valence-electron chi connectivity index (χ3n) is 2.99. The summed E-state index contributed by atoms with van der Waals surface area (Å²) in [5.74, 6) is -0.362. The molecule has 5 nitrogen and oxygen atoms in total. The average Bonchev–Trinajstić information content (AvgIpc) is 2.70. The van der Waals surface area contributed by atoms with Gasteiger partial charge in [0.05, 0.1) is 0 Å². The summed E-state index contributed by atoms with van der Waals surface area (Å²) >= 11 is 0. The molecule has 0 aliphatic rings. The number of fused-ring (bicyclic) bond motifs is 1. The minimum atomic E-state index is -0.453. The zero-order chi connectivity index (χ0) is 13.3. The zero-order valence-corrected chi connectivity index (χ0v) is 10.2. The van der Waals surface area contributed by atoms with Crippen LogP contribution >= 0.6 is 0 Å². The number of rotatable bonds is 4. The highest BCUT2D eigenvalue weighted by atomic mass is 19.1. The number of hydrogen-bond donors (Lipinski definition) is 1. The van der Waals surface area contributed by atoms with Crippen molar-refractivity contribution in [1.82, 2.24) is 9.88 Å². The molecular formula is C12H14FN3O2. The summed E-state index contributed by atoms with van der Waals surface area (Å²) in [5, 5.41) is 11.1. The molecule has 1 aromatic heterocycles. The number of nitrogens with zero attached hydrogens (tertiary/aromatic N) is 2. The number of aromatic amines is 1. The Kier molecular flexibility index (Phi) is 3.29. The summed E-state index contributed by atoms with van der Waals surface area (Å²) in [6, 6.07) is 4.26. The van der Waals surface area contributed by atoms with Crippen molar-refractivity contribution < 1.29 is 9.31 Å². The third kappa shape index (κ3) is 2.19. The van der Waals surface area contributed by atoms with Crippen LogP contribution in [0.2, 0.25) is 0 Å². The van der Waals surface area contributed by atoms with Crippen LogP contribution in [-0.4, -0.2) is 35.4 Å². The van der Waals surface area contributed by atoms with Gasteiger partial charge in [0.25, 0.3) is 0 Å². The molecule has 1 heterocycles. The predicted octanol–water partition coefficient (Wildman–Crippen LogP) is 2.19. The van der Waals surface area contributed by atoms with Gasteiger partial charge in [-0.15, -0.1) is 0 Å². The topological polar surface area (TPSA) is 62.2 Å². The van der Waals surface area contributed by atoms with E-state index in [0.717, 1.165) is 0 Å². The lowest BCUT2D eigenvalue weighted by atomic mass is 10.0. The van der Waals surface area contributed by atoms with Gasteiger partial charge in [-0.2, -0.15) is 0 Å². The van der Waals surface area contributed by atoms with E-state index in [2.05, 4.69) is 4.98 Å². The van der Waals surface area contributed by atoms with Crippen LogP contribution in [0.4, 0.5) is 4.39 Å². The molecule has 0 saturated carbocycles. The molecule has 0 aliphatic carbocycles. The van der Waals surface area contributed by atoms with Crippen molar-refractivity contribution in [1.29, 1.82) is 0 Å². The van der Waals surface area contributed by atoms with Crippen molar-refractivity contribution in [3.8, 4) is 0 Å². The van der Waals surface area contributed by atoms with Crippen molar-refractivity contribution in [2.75, 3.05) is 20.6 Å². The second-order valence-corrected chi connectivity index (χ2v) is 4.40. The molecule has 6 heteroatoms. The fraction of sp³-hybridized carbons (Fsp3) is 0.333. The highest BCUT2D eigenvalue weighted by Gasteiger charge is 2.24. The van der Waals surface area contributed by atoms with Crippen molar-refractivity contribution in [2.45, 2.75) is 6.04 Å². The Morgan fingerprint density at radius 2 is 2.22 bits per heavy atom. The summed E-state index contributed by atoms with van der Waals surface area (Å²) in [6.45, 7) is -0.256. The van der Waals surface area contributed by atoms with Gasteiger partial charge in [0, 0.05) is 27.6 Å². The average molecular weight is 251 g/mol. The van der Waals surface area contributed by atoms with Gasteiger partial charge >= 0.3 is 0 Å². The molecule has 0 aliphatic heterocycles. The van der Waals surface area contributed by atoms with Crippen LogP contribution in [0.3, 0.4) is 0 Å².